The van der Waals surface area contributed by atoms with Gasteiger partial charge in [0.1, 0.15) is 5.75 Å². The summed E-state index contributed by atoms with van der Waals surface area (Å²) in [7, 11) is 1.61. The largest absolute Gasteiger partial charge is 0.496 e. The van der Waals surface area contributed by atoms with E-state index in [0.717, 1.165) is 0 Å². The van der Waals surface area contributed by atoms with Crippen LogP contribution in [0.15, 0.2) is 12.1 Å². The van der Waals surface area contributed by atoms with E-state index in [0.29, 0.717) is 17.9 Å². The fourth-order valence-electron chi connectivity index (χ4n) is 2.42. The quantitative estimate of drug-likeness (QED) is 0.912. The molecule has 0 radical (unpaired) electrons. The Morgan fingerprint density at radius 1 is 1.05 bits per heavy atom. The monoisotopic (exact) mass is 291 g/mol. The minimum Gasteiger partial charge on any atom is -0.496 e. The maximum atomic E-state index is 12.3. The first-order valence-electron chi connectivity index (χ1n) is 7.53. The molecule has 0 atom stereocenters. The third-order valence-corrected chi connectivity index (χ3v) is 3.54. The van der Waals surface area contributed by atoms with Crippen LogP contribution in [0.3, 0.4) is 0 Å². The SMILES string of the molecule is CCNC(=O)c1cc(C(C)(C)C)c(C(C)(C)C)cc1OC. The number of methoxy groups -OCH3 is 1. The highest BCUT2D eigenvalue weighted by Crippen LogP contribution is 2.38. The van der Waals surface area contributed by atoms with E-state index in [1.165, 1.54) is 11.1 Å². The highest BCUT2D eigenvalue weighted by molar-refractivity contribution is 5.97. The van der Waals surface area contributed by atoms with E-state index in [2.05, 4.69) is 46.9 Å². The lowest BCUT2D eigenvalue weighted by Gasteiger charge is -2.31. The molecular formula is C18H29NO2. The van der Waals surface area contributed by atoms with Crippen molar-refractivity contribution in [2.24, 2.45) is 0 Å². The minimum atomic E-state index is -0.0830. The molecule has 0 aliphatic carbocycles. The van der Waals surface area contributed by atoms with Crippen LogP contribution in [-0.2, 0) is 10.8 Å². The van der Waals surface area contributed by atoms with Gasteiger partial charge in [-0.3, -0.25) is 4.79 Å². The smallest absolute Gasteiger partial charge is 0.255 e. The first-order valence-corrected chi connectivity index (χ1v) is 7.53. The van der Waals surface area contributed by atoms with Crippen LogP contribution in [0.5, 0.6) is 5.75 Å². The lowest BCUT2D eigenvalue weighted by Crippen LogP contribution is -2.27. The third-order valence-electron chi connectivity index (χ3n) is 3.54. The Labute approximate surface area is 129 Å². The van der Waals surface area contributed by atoms with E-state index >= 15 is 0 Å². The molecule has 0 unspecified atom stereocenters. The van der Waals surface area contributed by atoms with Crippen molar-refractivity contribution >= 4 is 5.91 Å². The van der Waals surface area contributed by atoms with Crippen LogP contribution in [0, 0.1) is 0 Å². The second kappa shape index (κ2) is 6.08. The summed E-state index contributed by atoms with van der Waals surface area (Å²) < 4.78 is 5.46. The van der Waals surface area contributed by atoms with E-state index < -0.39 is 0 Å². The van der Waals surface area contributed by atoms with Crippen LogP contribution < -0.4 is 10.1 Å². The summed E-state index contributed by atoms with van der Waals surface area (Å²) in [4.78, 5) is 12.3. The van der Waals surface area contributed by atoms with Crippen LogP contribution in [0.1, 0.15) is 70.0 Å². The van der Waals surface area contributed by atoms with Crippen LogP contribution in [0.4, 0.5) is 0 Å². The first-order chi connectivity index (χ1) is 9.52. The highest BCUT2D eigenvalue weighted by atomic mass is 16.5. The molecule has 0 aliphatic heterocycles. The molecule has 1 N–H and O–H groups in total. The van der Waals surface area contributed by atoms with Gasteiger partial charge in [0, 0.05) is 6.54 Å². The Balaban J connectivity index is 3.60. The molecule has 1 aromatic carbocycles. The van der Waals surface area contributed by atoms with Gasteiger partial charge in [-0.25, -0.2) is 0 Å². The maximum absolute atomic E-state index is 12.3. The Morgan fingerprint density at radius 2 is 1.52 bits per heavy atom. The van der Waals surface area contributed by atoms with Crippen molar-refractivity contribution in [1.82, 2.24) is 5.32 Å². The molecule has 118 valence electrons. The summed E-state index contributed by atoms with van der Waals surface area (Å²) in [5.41, 5.74) is 2.99. The van der Waals surface area contributed by atoms with Gasteiger partial charge in [0.05, 0.1) is 12.7 Å². The number of benzene rings is 1. The Morgan fingerprint density at radius 3 is 1.90 bits per heavy atom. The molecule has 0 aromatic heterocycles. The fourth-order valence-corrected chi connectivity index (χ4v) is 2.42. The normalized spacial score (nSPS) is 12.2. The summed E-state index contributed by atoms with van der Waals surface area (Å²) >= 11 is 0. The third kappa shape index (κ3) is 3.99. The molecule has 1 amide bonds. The van der Waals surface area contributed by atoms with Gasteiger partial charge in [0.15, 0.2) is 0 Å². The van der Waals surface area contributed by atoms with Gasteiger partial charge in [-0.2, -0.15) is 0 Å². The van der Waals surface area contributed by atoms with Crippen molar-refractivity contribution < 1.29 is 9.53 Å². The van der Waals surface area contributed by atoms with E-state index in [1.54, 1.807) is 7.11 Å². The Bertz CT molecular complexity index is 519. The second-order valence-electron chi connectivity index (χ2n) is 7.46. The number of nitrogens with one attached hydrogen (secondary N) is 1. The van der Waals surface area contributed by atoms with Crippen LogP contribution >= 0.6 is 0 Å². The number of carbonyl (C=O) groups excluding carboxylic acids is 1. The van der Waals surface area contributed by atoms with Gasteiger partial charge in [-0.1, -0.05) is 41.5 Å². The number of hydrogen-bond donors (Lipinski definition) is 1. The number of amides is 1. The standard InChI is InChI=1S/C18H29NO2/c1-9-19-16(20)12-10-13(17(2,3)4)14(18(5,6)7)11-15(12)21-8/h10-11H,9H2,1-8H3,(H,19,20). The Kier molecular flexibility index (Phi) is 5.08. The van der Waals surface area contributed by atoms with Gasteiger partial charge in [0.2, 0.25) is 0 Å². The highest BCUT2D eigenvalue weighted by Gasteiger charge is 2.28. The summed E-state index contributed by atoms with van der Waals surface area (Å²) in [6.07, 6.45) is 0. The molecule has 3 heteroatoms. The van der Waals surface area contributed by atoms with Crippen molar-refractivity contribution in [3.63, 3.8) is 0 Å². The van der Waals surface area contributed by atoms with E-state index in [9.17, 15) is 4.79 Å². The number of carbonyl (C=O) groups is 1. The van der Waals surface area contributed by atoms with Crippen molar-refractivity contribution in [1.29, 1.82) is 0 Å². The van der Waals surface area contributed by atoms with Crippen molar-refractivity contribution in [2.45, 2.75) is 59.3 Å². The lowest BCUT2D eigenvalue weighted by atomic mass is 9.74. The molecule has 21 heavy (non-hydrogen) atoms. The zero-order chi connectivity index (χ0) is 16.4. The molecule has 0 bridgehead atoms. The molecule has 0 saturated carbocycles. The van der Waals surface area contributed by atoms with Gasteiger partial charge >= 0.3 is 0 Å². The molecule has 3 nitrogen and oxygen atoms in total. The first kappa shape index (κ1) is 17.5. The van der Waals surface area contributed by atoms with Crippen molar-refractivity contribution in [3.05, 3.63) is 28.8 Å². The van der Waals surface area contributed by atoms with E-state index in [1.807, 2.05) is 19.1 Å². The predicted octanol–water partition coefficient (Wildman–Crippen LogP) is 4.04. The molecular weight excluding hydrogens is 262 g/mol. The molecule has 1 aromatic rings. The van der Waals surface area contributed by atoms with Crippen LogP contribution in [0.25, 0.3) is 0 Å². The molecule has 0 saturated heterocycles. The summed E-state index contributed by atoms with van der Waals surface area (Å²) in [6.45, 7) is 15.6. The molecule has 0 fully saturated rings. The molecule has 0 aliphatic rings. The molecule has 0 heterocycles. The summed E-state index contributed by atoms with van der Waals surface area (Å²) in [5, 5.41) is 2.85. The summed E-state index contributed by atoms with van der Waals surface area (Å²) in [5.74, 6) is 0.555. The van der Waals surface area contributed by atoms with Gasteiger partial charge < -0.3 is 10.1 Å². The van der Waals surface area contributed by atoms with Crippen molar-refractivity contribution in [2.75, 3.05) is 13.7 Å². The summed E-state index contributed by atoms with van der Waals surface area (Å²) in [6, 6.07) is 4.01. The molecule has 1 rings (SSSR count). The molecule has 0 spiro atoms. The Hall–Kier alpha value is -1.51. The van der Waals surface area contributed by atoms with Gasteiger partial charge in [0.25, 0.3) is 5.91 Å². The number of hydrogen-bond acceptors (Lipinski definition) is 2. The average molecular weight is 291 g/mol. The van der Waals surface area contributed by atoms with E-state index in [4.69, 9.17) is 4.74 Å². The maximum Gasteiger partial charge on any atom is 0.255 e. The predicted molar refractivity (Wildman–Crippen MR) is 88.4 cm³/mol. The van der Waals surface area contributed by atoms with Crippen molar-refractivity contribution in [3.8, 4) is 5.75 Å². The van der Waals surface area contributed by atoms with Crippen LogP contribution in [-0.4, -0.2) is 19.6 Å². The van der Waals surface area contributed by atoms with Crippen LogP contribution in [0.2, 0.25) is 0 Å². The number of ether oxygens (including phenoxy) is 1. The average Bonchev–Trinajstić information content (AvgIpc) is 2.35. The lowest BCUT2D eigenvalue weighted by molar-refractivity contribution is 0.0952. The number of rotatable bonds is 3. The fraction of sp³-hybridized carbons (Fsp3) is 0.611. The van der Waals surface area contributed by atoms with Gasteiger partial charge in [-0.05, 0) is 41.0 Å². The minimum absolute atomic E-state index is 0.00431. The second-order valence-corrected chi connectivity index (χ2v) is 7.46. The topological polar surface area (TPSA) is 38.3 Å². The van der Waals surface area contributed by atoms with E-state index in [-0.39, 0.29) is 16.7 Å². The van der Waals surface area contributed by atoms with Gasteiger partial charge in [-0.15, -0.1) is 0 Å². The zero-order valence-corrected chi connectivity index (χ0v) is 14.7. The zero-order valence-electron chi connectivity index (χ0n) is 14.7.